The average molecular weight is 441 g/mol. The summed E-state index contributed by atoms with van der Waals surface area (Å²) in [4.78, 5) is 41.2. The second kappa shape index (κ2) is 9.57. The van der Waals surface area contributed by atoms with Crippen LogP contribution in [0.3, 0.4) is 0 Å². The Morgan fingerprint density at radius 3 is 2.35 bits per heavy atom. The van der Waals surface area contributed by atoms with E-state index >= 15 is 0 Å². The molecular formula is C21H26F3N3O4. The third-order valence-electron chi connectivity index (χ3n) is 5.74. The quantitative estimate of drug-likeness (QED) is 0.729. The van der Waals surface area contributed by atoms with Crippen molar-refractivity contribution in [2.75, 3.05) is 33.3 Å². The highest BCUT2D eigenvalue weighted by atomic mass is 19.4. The molecular weight excluding hydrogens is 415 g/mol. The first-order valence-electron chi connectivity index (χ1n) is 10.3. The maximum Gasteiger partial charge on any atom is 0.416 e. The molecule has 31 heavy (non-hydrogen) atoms. The summed E-state index contributed by atoms with van der Waals surface area (Å²) >= 11 is 0. The van der Waals surface area contributed by atoms with E-state index in [1.165, 1.54) is 12.1 Å². The Kier molecular flexibility index (Phi) is 7.07. The number of urea groups is 1. The molecule has 2 unspecified atom stereocenters. The summed E-state index contributed by atoms with van der Waals surface area (Å²) in [6, 6.07) is 2.86. The molecule has 1 aromatic rings. The van der Waals surface area contributed by atoms with E-state index in [4.69, 9.17) is 0 Å². The van der Waals surface area contributed by atoms with Gasteiger partial charge >= 0.3 is 18.2 Å². The number of carbonyl (C=O) groups is 3. The zero-order chi connectivity index (χ0) is 22.6. The number of halogens is 3. The fraction of sp³-hybridized carbons (Fsp3) is 0.571. The fourth-order valence-corrected chi connectivity index (χ4v) is 4.12. The molecule has 0 saturated carbocycles. The highest BCUT2D eigenvalue weighted by Gasteiger charge is 2.39. The summed E-state index contributed by atoms with van der Waals surface area (Å²) in [7, 11) is 1.05. The van der Waals surface area contributed by atoms with E-state index in [2.05, 4.69) is 10.1 Å². The fourth-order valence-electron chi connectivity index (χ4n) is 4.12. The summed E-state index contributed by atoms with van der Waals surface area (Å²) in [5.74, 6) is -2.19. The number of ether oxygens (including phenoxy) is 1. The van der Waals surface area contributed by atoms with Gasteiger partial charge in [-0.1, -0.05) is 18.2 Å². The Morgan fingerprint density at radius 1 is 1.06 bits per heavy atom. The lowest BCUT2D eigenvalue weighted by molar-refractivity contribution is -0.147. The molecule has 2 saturated heterocycles. The minimum atomic E-state index is -4.70. The lowest BCUT2D eigenvalue weighted by Gasteiger charge is -2.35. The van der Waals surface area contributed by atoms with Crippen LogP contribution in [0.5, 0.6) is 0 Å². The molecule has 0 bridgehead atoms. The molecule has 2 atom stereocenters. The van der Waals surface area contributed by atoms with E-state index in [1.807, 2.05) is 0 Å². The number of hydrogen-bond acceptors (Lipinski definition) is 4. The van der Waals surface area contributed by atoms with Crippen molar-refractivity contribution < 1.29 is 32.3 Å². The van der Waals surface area contributed by atoms with Gasteiger partial charge in [-0.05, 0) is 37.3 Å². The molecule has 170 valence electrons. The molecule has 2 aliphatic rings. The van der Waals surface area contributed by atoms with Crippen LogP contribution >= 0.6 is 0 Å². The van der Waals surface area contributed by atoms with Gasteiger partial charge in [-0.3, -0.25) is 4.79 Å². The molecule has 10 heteroatoms. The Labute approximate surface area is 178 Å². The maximum atomic E-state index is 13.4. The molecule has 3 amide bonds. The van der Waals surface area contributed by atoms with Crippen LogP contribution in [0.15, 0.2) is 24.3 Å². The number of esters is 1. The second-order valence-electron chi connectivity index (χ2n) is 7.81. The molecule has 7 nitrogen and oxygen atoms in total. The first-order valence-corrected chi connectivity index (χ1v) is 10.3. The minimum Gasteiger partial charge on any atom is -0.467 e. The van der Waals surface area contributed by atoms with Crippen molar-refractivity contribution in [2.24, 2.45) is 5.92 Å². The van der Waals surface area contributed by atoms with E-state index in [-0.39, 0.29) is 18.1 Å². The van der Waals surface area contributed by atoms with Crippen LogP contribution in [-0.4, -0.2) is 61.0 Å². The molecule has 0 radical (unpaired) electrons. The number of piperidine rings is 1. The van der Waals surface area contributed by atoms with Crippen LogP contribution in [0.2, 0.25) is 0 Å². The molecule has 2 fully saturated rings. The normalized spacial score (nSPS) is 20.3. The van der Waals surface area contributed by atoms with Crippen LogP contribution < -0.4 is 5.32 Å². The summed E-state index contributed by atoms with van der Waals surface area (Å²) in [5.41, 5.74) is -1.39. The Hall–Kier alpha value is -2.78. The van der Waals surface area contributed by atoms with Crippen molar-refractivity contribution in [3.8, 4) is 0 Å². The van der Waals surface area contributed by atoms with Crippen molar-refractivity contribution in [3.05, 3.63) is 35.4 Å². The number of methoxy groups -OCH3 is 1. The first kappa shape index (κ1) is 22.9. The van der Waals surface area contributed by atoms with Gasteiger partial charge in [0.05, 0.1) is 18.6 Å². The lowest BCUT2D eigenvalue weighted by Crippen LogP contribution is -2.50. The maximum absolute atomic E-state index is 13.4. The highest BCUT2D eigenvalue weighted by Crippen LogP contribution is 2.35. The van der Waals surface area contributed by atoms with Crippen LogP contribution in [-0.2, 0) is 20.5 Å². The van der Waals surface area contributed by atoms with Crippen LogP contribution in [0.1, 0.15) is 42.9 Å². The van der Waals surface area contributed by atoms with E-state index in [1.54, 1.807) is 9.80 Å². The molecule has 0 spiro atoms. The predicted molar refractivity (Wildman–Crippen MR) is 105 cm³/mol. The van der Waals surface area contributed by atoms with E-state index in [9.17, 15) is 27.6 Å². The zero-order valence-corrected chi connectivity index (χ0v) is 17.3. The lowest BCUT2D eigenvalue weighted by atomic mass is 9.95. The summed E-state index contributed by atoms with van der Waals surface area (Å²) in [6.45, 7) is 2.06. The van der Waals surface area contributed by atoms with E-state index in [0.29, 0.717) is 32.5 Å². The molecule has 2 aliphatic heterocycles. The highest BCUT2D eigenvalue weighted by molar-refractivity contribution is 5.87. The number of alkyl halides is 3. The molecule has 3 rings (SSSR count). The Bertz CT molecular complexity index is 824. The van der Waals surface area contributed by atoms with Gasteiger partial charge in [0.15, 0.2) is 6.04 Å². The van der Waals surface area contributed by atoms with Crippen LogP contribution in [0, 0.1) is 5.92 Å². The number of rotatable bonds is 4. The smallest absolute Gasteiger partial charge is 0.416 e. The summed E-state index contributed by atoms with van der Waals surface area (Å²) in [5, 5.41) is 2.43. The average Bonchev–Trinajstić information content (AvgIpc) is 3.30. The predicted octanol–water partition coefficient (Wildman–Crippen LogP) is 2.96. The summed E-state index contributed by atoms with van der Waals surface area (Å²) in [6.07, 6.45) is -1.73. The van der Waals surface area contributed by atoms with Gasteiger partial charge in [0.2, 0.25) is 5.91 Å². The molecule has 2 heterocycles. The monoisotopic (exact) mass is 441 g/mol. The summed E-state index contributed by atoms with van der Waals surface area (Å²) < 4.78 is 45.0. The zero-order valence-electron chi connectivity index (χ0n) is 17.3. The number of nitrogens with one attached hydrogen (secondary N) is 1. The van der Waals surface area contributed by atoms with Gasteiger partial charge in [-0.2, -0.15) is 13.2 Å². The largest absolute Gasteiger partial charge is 0.467 e. The standard InChI is InChI=1S/C21H26F3N3O4/c1-31-19(29)17(15-8-2-3-9-16(15)21(22,23)24)25-18(28)14-7-6-12-27(13-14)20(30)26-10-4-5-11-26/h2-3,8-9,14,17H,4-7,10-13H2,1H3,(H,25,28). The van der Waals surface area contributed by atoms with Gasteiger partial charge in [0.1, 0.15) is 0 Å². The van der Waals surface area contributed by atoms with Crippen LogP contribution in [0.25, 0.3) is 0 Å². The van der Waals surface area contributed by atoms with Crippen LogP contribution in [0.4, 0.5) is 18.0 Å². The van der Waals surface area contributed by atoms with Gasteiger partial charge < -0.3 is 19.9 Å². The van der Waals surface area contributed by atoms with E-state index < -0.39 is 35.6 Å². The van der Waals surface area contributed by atoms with Gasteiger partial charge in [0.25, 0.3) is 0 Å². The van der Waals surface area contributed by atoms with Crippen molar-refractivity contribution >= 4 is 17.9 Å². The van der Waals surface area contributed by atoms with Crippen molar-refractivity contribution in [1.82, 2.24) is 15.1 Å². The topological polar surface area (TPSA) is 79.0 Å². The van der Waals surface area contributed by atoms with Crippen molar-refractivity contribution in [1.29, 1.82) is 0 Å². The first-order chi connectivity index (χ1) is 14.7. The van der Waals surface area contributed by atoms with Crippen molar-refractivity contribution in [2.45, 2.75) is 37.9 Å². The number of carbonyl (C=O) groups excluding carboxylic acids is 3. The third-order valence-corrected chi connectivity index (χ3v) is 5.74. The number of amides is 3. The Balaban J connectivity index is 1.76. The molecule has 1 aromatic carbocycles. The van der Waals surface area contributed by atoms with E-state index in [0.717, 1.165) is 32.1 Å². The molecule has 1 N–H and O–H groups in total. The molecule has 0 aliphatic carbocycles. The number of nitrogens with zero attached hydrogens (tertiary/aromatic N) is 2. The Morgan fingerprint density at radius 2 is 1.71 bits per heavy atom. The van der Waals surface area contributed by atoms with Crippen molar-refractivity contribution in [3.63, 3.8) is 0 Å². The second-order valence-corrected chi connectivity index (χ2v) is 7.81. The number of hydrogen-bond donors (Lipinski definition) is 1. The number of likely N-dealkylation sites (tertiary alicyclic amines) is 2. The third kappa shape index (κ3) is 5.29. The molecule has 0 aromatic heterocycles. The number of benzene rings is 1. The van der Waals surface area contributed by atoms with Gasteiger partial charge in [0, 0.05) is 26.2 Å². The SMILES string of the molecule is COC(=O)C(NC(=O)C1CCCN(C(=O)N2CCCC2)C1)c1ccccc1C(F)(F)F. The minimum absolute atomic E-state index is 0.123. The van der Waals surface area contributed by atoms with Gasteiger partial charge in [-0.25, -0.2) is 9.59 Å². The van der Waals surface area contributed by atoms with Gasteiger partial charge in [-0.15, -0.1) is 0 Å².